The molecule has 2 heterocycles. The van der Waals surface area contributed by atoms with Gasteiger partial charge in [-0.05, 0) is 95.3 Å². The van der Waals surface area contributed by atoms with Crippen LogP contribution < -0.4 is 0 Å². The molecule has 0 spiro atoms. The van der Waals surface area contributed by atoms with Gasteiger partial charge in [0.1, 0.15) is 0 Å². The molecule has 2 aliphatic heterocycles. The molecule has 8 nitrogen and oxygen atoms in total. The van der Waals surface area contributed by atoms with Gasteiger partial charge in [-0.1, -0.05) is 41.5 Å². The minimum atomic E-state index is -0.959. The summed E-state index contributed by atoms with van der Waals surface area (Å²) in [5, 5.41) is 0. The molecule has 0 N–H and O–H groups in total. The topological polar surface area (TPSA) is 73.8 Å². The molecule has 4 aliphatic rings. The fourth-order valence-corrected chi connectivity index (χ4v) is 7.36. The fraction of sp³-hybridized carbons (Fsp3) is 1.00. The van der Waals surface area contributed by atoms with Crippen LogP contribution in [0.1, 0.15) is 132 Å². The summed E-state index contributed by atoms with van der Waals surface area (Å²) in [7, 11) is 0. The van der Waals surface area contributed by atoms with Gasteiger partial charge < -0.3 is 28.4 Å². The predicted molar refractivity (Wildman–Crippen MR) is 157 cm³/mol. The van der Waals surface area contributed by atoms with Crippen molar-refractivity contribution in [3.63, 3.8) is 0 Å². The first-order valence-electron chi connectivity index (χ1n) is 16.9. The van der Waals surface area contributed by atoms with E-state index in [4.69, 9.17) is 37.9 Å². The maximum Gasteiger partial charge on any atom is 0.285 e. The van der Waals surface area contributed by atoms with Crippen molar-refractivity contribution >= 4 is 0 Å². The van der Waals surface area contributed by atoms with Crippen LogP contribution in [0.3, 0.4) is 0 Å². The molecule has 0 bridgehead atoms. The molecule has 2 saturated heterocycles. The zero-order chi connectivity index (χ0) is 29.7. The van der Waals surface area contributed by atoms with Crippen LogP contribution in [0.5, 0.6) is 0 Å². The number of ether oxygens (including phenoxy) is 8. The Hall–Kier alpha value is -0.320. The molecule has 240 valence electrons. The molecular formula is C33H60O8. The Balaban J connectivity index is 1.21. The molecule has 0 aromatic rings. The van der Waals surface area contributed by atoms with Crippen molar-refractivity contribution in [1.29, 1.82) is 0 Å². The average Bonchev–Trinajstić information content (AvgIpc) is 3.55. The SMILES string of the molecule is CCC(OC1CCC(C(C)(C)C2CCC(OC(CC)OC3(CC)OCC(C)O3)CC2)CC1)OC1(CC)OCC(C)O1. The maximum atomic E-state index is 6.47. The summed E-state index contributed by atoms with van der Waals surface area (Å²) in [6.07, 6.45) is 12.0. The Kier molecular flexibility index (Phi) is 12.0. The zero-order valence-electron chi connectivity index (χ0n) is 27.3. The summed E-state index contributed by atoms with van der Waals surface area (Å²) in [6.45, 7) is 18.5. The number of hydrogen-bond donors (Lipinski definition) is 0. The summed E-state index contributed by atoms with van der Waals surface area (Å²) >= 11 is 0. The molecule has 4 rings (SSSR count). The number of hydrogen-bond acceptors (Lipinski definition) is 8. The van der Waals surface area contributed by atoms with Gasteiger partial charge in [0.05, 0.1) is 37.6 Å². The molecule has 6 unspecified atom stereocenters. The minimum Gasteiger partial charge on any atom is -0.349 e. The van der Waals surface area contributed by atoms with Crippen LogP contribution >= 0.6 is 0 Å². The Morgan fingerprint density at radius 1 is 0.634 bits per heavy atom. The van der Waals surface area contributed by atoms with E-state index in [9.17, 15) is 0 Å². The van der Waals surface area contributed by atoms with E-state index in [0.717, 1.165) is 38.5 Å². The van der Waals surface area contributed by atoms with Gasteiger partial charge in [-0.2, -0.15) is 0 Å². The van der Waals surface area contributed by atoms with E-state index < -0.39 is 11.9 Å². The minimum absolute atomic E-state index is 0.0476. The van der Waals surface area contributed by atoms with Crippen molar-refractivity contribution in [2.45, 2.75) is 181 Å². The first-order valence-corrected chi connectivity index (χ1v) is 16.9. The van der Waals surface area contributed by atoms with Gasteiger partial charge in [0, 0.05) is 12.8 Å². The molecule has 2 aliphatic carbocycles. The fourth-order valence-electron chi connectivity index (χ4n) is 7.36. The van der Waals surface area contributed by atoms with E-state index in [0.29, 0.717) is 43.3 Å². The lowest BCUT2D eigenvalue weighted by Crippen LogP contribution is -2.42. The third kappa shape index (κ3) is 8.44. The second-order valence-corrected chi connectivity index (χ2v) is 13.5. The van der Waals surface area contributed by atoms with Crippen LogP contribution in [0.25, 0.3) is 0 Å². The van der Waals surface area contributed by atoms with Crippen LogP contribution in [0.4, 0.5) is 0 Å². The normalized spacial score (nSPS) is 40.1. The Morgan fingerprint density at radius 3 is 1.27 bits per heavy atom. The highest BCUT2D eigenvalue weighted by atomic mass is 16.9. The van der Waals surface area contributed by atoms with Gasteiger partial charge in [0.15, 0.2) is 12.6 Å². The second kappa shape index (κ2) is 14.6. The van der Waals surface area contributed by atoms with Crippen molar-refractivity contribution in [2.75, 3.05) is 13.2 Å². The summed E-state index contributed by atoms with van der Waals surface area (Å²) < 4.78 is 49.2. The van der Waals surface area contributed by atoms with Gasteiger partial charge in [-0.25, -0.2) is 0 Å². The van der Waals surface area contributed by atoms with Gasteiger partial charge in [-0.3, -0.25) is 9.47 Å². The van der Waals surface area contributed by atoms with Crippen molar-refractivity contribution in [1.82, 2.24) is 0 Å². The molecule has 0 aromatic heterocycles. The molecule has 2 saturated carbocycles. The van der Waals surface area contributed by atoms with Crippen molar-refractivity contribution in [3.05, 3.63) is 0 Å². The first-order chi connectivity index (χ1) is 19.6. The highest BCUT2D eigenvalue weighted by Gasteiger charge is 2.45. The smallest absolute Gasteiger partial charge is 0.285 e. The van der Waals surface area contributed by atoms with Crippen LogP contribution in [0, 0.1) is 17.3 Å². The average molecular weight is 585 g/mol. The zero-order valence-corrected chi connectivity index (χ0v) is 27.3. The molecule has 4 fully saturated rings. The molecule has 41 heavy (non-hydrogen) atoms. The van der Waals surface area contributed by atoms with Gasteiger partial charge in [-0.15, -0.1) is 0 Å². The summed E-state index contributed by atoms with van der Waals surface area (Å²) in [5.74, 6) is -0.493. The van der Waals surface area contributed by atoms with Gasteiger partial charge in [0.2, 0.25) is 0 Å². The van der Waals surface area contributed by atoms with Crippen molar-refractivity contribution in [2.24, 2.45) is 17.3 Å². The van der Waals surface area contributed by atoms with E-state index in [-0.39, 0.29) is 37.0 Å². The third-order valence-corrected chi connectivity index (χ3v) is 10.1. The van der Waals surface area contributed by atoms with Crippen molar-refractivity contribution in [3.8, 4) is 0 Å². The molecular weight excluding hydrogens is 524 g/mol. The second-order valence-electron chi connectivity index (χ2n) is 13.5. The molecule has 0 amide bonds. The quantitative estimate of drug-likeness (QED) is 0.193. The maximum absolute atomic E-state index is 6.47. The van der Waals surface area contributed by atoms with Crippen LogP contribution in [-0.4, -0.2) is 62.2 Å². The lowest BCUT2D eigenvalue weighted by atomic mass is 9.60. The van der Waals surface area contributed by atoms with Crippen molar-refractivity contribution < 1.29 is 37.9 Å². The highest BCUT2D eigenvalue weighted by molar-refractivity contribution is 4.91. The van der Waals surface area contributed by atoms with E-state index in [1.807, 2.05) is 27.7 Å². The predicted octanol–water partition coefficient (Wildman–Crippen LogP) is 7.67. The first kappa shape index (κ1) is 33.6. The lowest BCUT2D eigenvalue weighted by molar-refractivity contribution is -0.391. The molecule has 0 aromatic carbocycles. The van der Waals surface area contributed by atoms with Crippen LogP contribution in [0.15, 0.2) is 0 Å². The van der Waals surface area contributed by atoms with Crippen LogP contribution in [-0.2, 0) is 37.9 Å². The highest BCUT2D eigenvalue weighted by Crippen LogP contribution is 2.49. The number of rotatable bonds is 14. The van der Waals surface area contributed by atoms with Crippen LogP contribution in [0.2, 0.25) is 0 Å². The van der Waals surface area contributed by atoms with Gasteiger partial charge in [0.25, 0.3) is 11.9 Å². The monoisotopic (exact) mass is 584 g/mol. The summed E-state index contributed by atoms with van der Waals surface area (Å²) in [4.78, 5) is 0. The Morgan fingerprint density at radius 2 is 1.00 bits per heavy atom. The largest absolute Gasteiger partial charge is 0.349 e. The van der Waals surface area contributed by atoms with Gasteiger partial charge >= 0.3 is 0 Å². The summed E-state index contributed by atoms with van der Waals surface area (Å²) in [5.41, 5.74) is 0.305. The Bertz CT molecular complexity index is 715. The standard InChI is InChI=1S/C33H60O8/c1-9-29(40-32(11-3)34-21-23(5)38-32)36-27-17-13-25(14-18-27)31(7,8)26-15-19-28(20-16-26)37-30(10-2)41-33(12-4)35-22-24(6)39-33/h23-30H,9-22H2,1-8H3. The summed E-state index contributed by atoms with van der Waals surface area (Å²) in [6, 6.07) is 0. The third-order valence-electron chi connectivity index (χ3n) is 10.1. The van der Waals surface area contributed by atoms with E-state index >= 15 is 0 Å². The van der Waals surface area contributed by atoms with E-state index in [1.54, 1.807) is 0 Å². The van der Waals surface area contributed by atoms with E-state index in [2.05, 4.69) is 27.7 Å². The molecule has 8 heteroatoms. The van der Waals surface area contributed by atoms with E-state index in [1.165, 1.54) is 25.7 Å². The molecule has 0 radical (unpaired) electrons. The lowest BCUT2D eigenvalue weighted by Gasteiger charge is -2.47. The Labute approximate surface area is 249 Å². The molecule has 6 atom stereocenters.